The summed E-state index contributed by atoms with van der Waals surface area (Å²) in [5.41, 5.74) is 1.93. The molecule has 0 fully saturated rings. The first-order valence-corrected chi connectivity index (χ1v) is 7.31. The Balaban J connectivity index is 1.89. The Bertz CT molecular complexity index is 767. The van der Waals surface area contributed by atoms with Gasteiger partial charge in [-0.3, -0.25) is 9.78 Å². The third-order valence-corrected chi connectivity index (χ3v) is 3.72. The number of methoxy groups -OCH3 is 1. The quantitative estimate of drug-likeness (QED) is 0.725. The Labute approximate surface area is 134 Å². The van der Waals surface area contributed by atoms with Crippen molar-refractivity contribution in [3.8, 4) is 0 Å². The van der Waals surface area contributed by atoms with Gasteiger partial charge in [-0.05, 0) is 24.3 Å². The second-order valence-electron chi connectivity index (χ2n) is 5.23. The minimum Gasteiger partial charge on any atom is -0.382 e. The van der Waals surface area contributed by atoms with E-state index in [4.69, 9.17) is 4.74 Å². The van der Waals surface area contributed by atoms with Gasteiger partial charge in [0, 0.05) is 32.7 Å². The van der Waals surface area contributed by atoms with Crippen molar-refractivity contribution >= 4 is 11.6 Å². The zero-order chi connectivity index (χ0) is 16.2. The molecule has 0 spiro atoms. The zero-order valence-electron chi connectivity index (χ0n) is 13.1. The highest BCUT2D eigenvalue weighted by Gasteiger charge is 2.25. The Kier molecular flexibility index (Phi) is 4.34. The smallest absolute Gasteiger partial charge is 0.274 e. The number of ether oxygens (including phenoxy) is 1. The molecule has 0 aromatic carbocycles. The molecule has 0 bridgehead atoms. The summed E-state index contributed by atoms with van der Waals surface area (Å²) in [6, 6.07) is 11.0. The summed E-state index contributed by atoms with van der Waals surface area (Å²) in [5, 5.41) is 0. The standard InChI is InChI=1S/C17H18N4O2/c1-20(15(12-23-2)13-7-3-5-9-18-13)17(22)14-11-21-10-6-4-8-16(21)19-14/h3-11,15H,12H2,1-2H3. The first-order valence-electron chi connectivity index (χ1n) is 7.31. The number of likely N-dealkylation sites (N-methyl/N-ethyl adjacent to an activating group) is 1. The van der Waals surface area contributed by atoms with Gasteiger partial charge >= 0.3 is 0 Å². The molecule has 0 aliphatic rings. The summed E-state index contributed by atoms with van der Waals surface area (Å²) in [6.07, 6.45) is 5.31. The van der Waals surface area contributed by atoms with E-state index in [1.165, 1.54) is 0 Å². The highest BCUT2D eigenvalue weighted by atomic mass is 16.5. The number of fused-ring (bicyclic) bond motifs is 1. The maximum Gasteiger partial charge on any atom is 0.274 e. The maximum atomic E-state index is 12.8. The van der Waals surface area contributed by atoms with Gasteiger partial charge in [-0.25, -0.2) is 4.98 Å². The Hall–Kier alpha value is -2.73. The molecule has 3 aromatic rings. The van der Waals surface area contributed by atoms with Crippen LogP contribution < -0.4 is 0 Å². The lowest BCUT2D eigenvalue weighted by Crippen LogP contribution is -2.34. The third-order valence-electron chi connectivity index (χ3n) is 3.72. The number of hydrogen-bond acceptors (Lipinski definition) is 4. The molecule has 3 rings (SSSR count). The first kappa shape index (κ1) is 15.2. The van der Waals surface area contributed by atoms with Crippen molar-refractivity contribution in [1.82, 2.24) is 19.3 Å². The van der Waals surface area contributed by atoms with E-state index in [-0.39, 0.29) is 11.9 Å². The van der Waals surface area contributed by atoms with Crippen LogP contribution in [0.3, 0.4) is 0 Å². The largest absolute Gasteiger partial charge is 0.382 e. The molecule has 0 aliphatic carbocycles. The molecule has 23 heavy (non-hydrogen) atoms. The van der Waals surface area contributed by atoms with Crippen LogP contribution in [0.1, 0.15) is 22.2 Å². The van der Waals surface area contributed by atoms with Crippen LogP contribution in [0.25, 0.3) is 5.65 Å². The molecular weight excluding hydrogens is 292 g/mol. The number of imidazole rings is 1. The van der Waals surface area contributed by atoms with E-state index in [1.807, 2.05) is 47.0 Å². The molecule has 6 heteroatoms. The third kappa shape index (κ3) is 3.07. The van der Waals surface area contributed by atoms with Crippen LogP contribution in [0.5, 0.6) is 0 Å². The van der Waals surface area contributed by atoms with Gasteiger partial charge in [-0.2, -0.15) is 0 Å². The second-order valence-corrected chi connectivity index (χ2v) is 5.23. The van der Waals surface area contributed by atoms with E-state index in [1.54, 1.807) is 31.5 Å². The number of rotatable bonds is 5. The van der Waals surface area contributed by atoms with Crippen LogP contribution in [0.4, 0.5) is 0 Å². The summed E-state index contributed by atoms with van der Waals surface area (Å²) in [5.74, 6) is -0.165. The van der Waals surface area contributed by atoms with Gasteiger partial charge in [0.25, 0.3) is 5.91 Å². The van der Waals surface area contributed by atoms with Crippen molar-refractivity contribution in [3.05, 3.63) is 66.4 Å². The molecule has 0 radical (unpaired) electrons. The van der Waals surface area contributed by atoms with E-state index in [2.05, 4.69) is 9.97 Å². The van der Waals surface area contributed by atoms with Gasteiger partial charge in [0.2, 0.25) is 0 Å². The second kappa shape index (κ2) is 6.58. The summed E-state index contributed by atoms with van der Waals surface area (Å²) in [7, 11) is 3.35. The summed E-state index contributed by atoms with van der Waals surface area (Å²) in [4.78, 5) is 23.1. The van der Waals surface area contributed by atoms with E-state index < -0.39 is 0 Å². The molecule has 3 heterocycles. The van der Waals surface area contributed by atoms with Gasteiger partial charge in [0.05, 0.1) is 18.3 Å². The summed E-state index contributed by atoms with van der Waals surface area (Å²) < 4.78 is 7.09. The van der Waals surface area contributed by atoms with E-state index >= 15 is 0 Å². The highest BCUT2D eigenvalue weighted by Crippen LogP contribution is 2.20. The van der Waals surface area contributed by atoms with Crippen LogP contribution in [0, 0.1) is 0 Å². The Morgan fingerprint density at radius 1 is 1.30 bits per heavy atom. The molecule has 6 nitrogen and oxygen atoms in total. The number of nitrogens with zero attached hydrogens (tertiary/aromatic N) is 4. The highest BCUT2D eigenvalue weighted by molar-refractivity contribution is 5.93. The molecule has 0 saturated carbocycles. The molecule has 1 amide bonds. The monoisotopic (exact) mass is 310 g/mol. The lowest BCUT2D eigenvalue weighted by Gasteiger charge is -2.26. The lowest BCUT2D eigenvalue weighted by atomic mass is 10.1. The minimum absolute atomic E-state index is 0.165. The van der Waals surface area contributed by atoms with Crippen LogP contribution in [0.15, 0.2) is 55.0 Å². The molecule has 1 atom stereocenters. The fraction of sp³-hybridized carbons (Fsp3) is 0.235. The first-order chi connectivity index (χ1) is 11.2. The molecule has 0 aliphatic heterocycles. The average Bonchev–Trinajstić information content (AvgIpc) is 3.03. The zero-order valence-corrected chi connectivity index (χ0v) is 13.1. The Morgan fingerprint density at radius 3 is 2.83 bits per heavy atom. The Morgan fingerprint density at radius 2 is 2.13 bits per heavy atom. The van der Waals surface area contributed by atoms with E-state index in [9.17, 15) is 4.79 Å². The van der Waals surface area contributed by atoms with Crippen molar-refractivity contribution in [3.63, 3.8) is 0 Å². The minimum atomic E-state index is -0.265. The van der Waals surface area contributed by atoms with E-state index in [0.29, 0.717) is 12.3 Å². The number of amides is 1. The maximum absolute atomic E-state index is 12.8. The van der Waals surface area contributed by atoms with Crippen molar-refractivity contribution in [2.75, 3.05) is 20.8 Å². The average molecular weight is 310 g/mol. The number of hydrogen-bond donors (Lipinski definition) is 0. The predicted octanol–water partition coefficient (Wildman–Crippen LogP) is 2.19. The van der Waals surface area contributed by atoms with Gasteiger partial charge in [0.15, 0.2) is 0 Å². The van der Waals surface area contributed by atoms with Crippen LogP contribution in [0.2, 0.25) is 0 Å². The lowest BCUT2D eigenvalue weighted by molar-refractivity contribution is 0.0590. The number of carbonyl (C=O) groups is 1. The van der Waals surface area contributed by atoms with Crippen molar-refractivity contribution < 1.29 is 9.53 Å². The summed E-state index contributed by atoms with van der Waals surface area (Å²) >= 11 is 0. The van der Waals surface area contributed by atoms with Crippen molar-refractivity contribution in [2.45, 2.75) is 6.04 Å². The van der Waals surface area contributed by atoms with Gasteiger partial charge in [-0.15, -0.1) is 0 Å². The number of aromatic nitrogens is 3. The van der Waals surface area contributed by atoms with Crippen LogP contribution in [-0.4, -0.2) is 45.9 Å². The van der Waals surface area contributed by atoms with Gasteiger partial charge in [-0.1, -0.05) is 12.1 Å². The van der Waals surface area contributed by atoms with Crippen molar-refractivity contribution in [1.29, 1.82) is 0 Å². The number of pyridine rings is 2. The predicted molar refractivity (Wildman–Crippen MR) is 86.1 cm³/mol. The topological polar surface area (TPSA) is 59.7 Å². The van der Waals surface area contributed by atoms with E-state index in [0.717, 1.165) is 11.3 Å². The van der Waals surface area contributed by atoms with Crippen LogP contribution >= 0.6 is 0 Å². The number of carbonyl (C=O) groups excluding carboxylic acids is 1. The van der Waals surface area contributed by atoms with Crippen LogP contribution in [-0.2, 0) is 4.74 Å². The molecule has 118 valence electrons. The molecular formula is C17H18N4O2. The van der Waals surface area contributed by atoms with Crippen molar-refractivity contribution in [2.24, 2.45) is 0 Å². The molecule has 3 aromatic heterocycles. The van der Waals surface area contributed by atoms with Gasteiger partial charge < -0.3 is 14.0 Å². The fourth-order valence-corrected chi connectivity index (χ4v) is 2.49. The normalized spacial score (nSPS) is 12.3. The molecule has 1 unspecified atom stereocenters. The molecule has 0 saturated heterocycles. The molecule has 0 N–H and O–H groups in total. The summed E-state index contributed by atoms with van der Waals surface area (Å²) in [6.45, 7) is 0.368. The fourth-order valence-electron chi connectivity index (χ4n) is 2.49. The van der Waals surface area contributed by atoms with Gasteiger partial charge in [0.1, 0.15) is 11.3 Å². The SMILES string of the molecule is COCC(c1ccccn1)N(C)C(=O)c1cn2ccccc2n1.